The summed E-state index contributed by atoms with van der Waals surface area (Å²) >= 11 is 0. The SMILES string of the molecule is CN(C)CCN(Cc1ccccc1)C(=O)C1CCN(C)C(=O)C1. The summed E-state index contributed by atoms with van der Waals surface area (Å²) in [5, 5.41) is 0. The monoisotopic (exact) mass is 317 g/mol. The molecular formula is C18H27N3O2. The molecule has 1 atom stereocenters. The maximum Gasteiger partial charge on any atom is 0.226 e. The predicted octanol–water partition coefficient (Wildman–Crippen LogP) is 1.45. The third-order valence-corrected chi connectivity index (χ3v) is 4.35. The minimum Gasteiger partial charge on any atom is -0.346 e. The van der Waals surface area contributed by atoms with Crippen LogP contribution < -0.4 is 0 Å². The van der Waals surface area contributed by atoms with Crippen LogP contribution in [0.4, 0.5) is 0 Å². The summed E-state index contributed by atoms with van der Waals surface area (Å²) < 4.78 is 0. The number of carbonyl (C=O) groups excluding carboxylic acids is 2. The average molecular weight is 317 g/mol. The molecule has 0 aliphatic carbocycles. The van der Waals surface area contributed by atoms with Crippen molar-refractivity contribution in [3.05, 3.63) is 35.9 Å². The molecule has 0 saturated carbocycles. The van der Waals surface area contributed by atoms with E-state index in [-0.39, 0.29) is 17.7 Å². The van der Waals surface area contributed by atoms with Crippen LogP contribution in [0.15, 0.2) is 30.3 Å². The van der Waals surface area contributed by atoms with Gasteiger partial charge in [-0.25, -0.2) is 0 Å². The van der Waals surface area contributed by atoms with Gasteiger partial charge in [0.1, 0.15) is 0 Å². The van der Waals surface area contributed by atoms with E-state index in [1.165, 1.54) is 0 Å². The summed E-state index contributed by atoms with van der Waals surface area (Å²) in [6.45, 7) is 2.77. The number of hydrogen-bond acceptors (Lipinski definition) is 3. The van der Waals surface area contributed by atoms with Crippen molar-refractivity contribution in [3.63, 3.8) is 0 Å². The highest BCUT2D eigenvalue weighted by Gasteiger charge is 2.31. The number of benzene rings is 1. The van der Waals surface area contributed by atoms with Gasteiger partial charge in [-0.2, -0.15) is 0 Å². The largest absolute Gasteiger partial charge is 0.346 e. The van der Waals surface area contributed by atoms with Crippen LogP contribution in [0.2, 0.25) is 0 Å². The molecule has 0 radical (unpaired) electrons. The number of nitrogens with zero attached hydrogens (tertiary/aromatic N) is 3. The minimum absolute atomic E-state index is 0.0712. The molecule has 5 heteroatoms. The molecular weight excluding hydrogens is 290 g/mol. The number of amides is 2. The summed E-state index contributed by atoms with van der Waals surface area (Å²) in [5.41, 5.74) is 1.12. The van der Waals surface area contributed by atoms with Gasteiger partial charge in [0, 0.05) is 45.6 Å². The van der Waals surface area contributed by atoms with E-state index >= 15 is 0 Å². The third-order valence-electron chi connectivity index (χ3n) is 4.35. The van der Waals surface area contributed by atoms with Crippen LogP contribution in [-0.4, -0.2) is 67.3 Å². The lowest BCUT2D eigenvalue weighted by molar-refractivity contribution is -0.144. The van der Waals surface area contributed by atoms with Crippen molar-refractivity contribution in [2.24, 2.45) is 5.92 Å². The van der Waals surface area contributed by atoms with E-state index in [1.54, 1.807) is 11.9 Å². The van der Waals surface area contributed by atoms with Crippen LogP contribution in [-0.2, 0) is 16.1 Å². The van der Waals surface area contributed by atoms with E-state index in [0.29, 0.717) is 26.1 Å². The van der Waals surface area contributed by atoms with E-state index < -0.39 is 0 Å². The number of likely N-dealkylation sites (N-methyl/N-ethyl adjacent to an activating group) is 1. The summed E-state index contributed by atoms with van der Waals surface area (Å²) in [5.74, 6) is 0.00333. The maximum absolute atomic E-state index is 12.9. The van der Waals surface area contributed by atoms with Crippen LogP contribution in [0.1, 0.15) is 18.4 Å². The number of rotatable bonds is 6. The van der Waals surface area contributed by atoms with E-state index in [1.807, 2.05) is 49.3 Å². The fourth-order valence-corrected chi connectivity index (χ4v) is 2.80. The van der Waals surface area contributed by atoms with Crippen molar-refractivity contribution >= 4 is 11.8 Å². The highest BCUT2D eigenvalue weighted by Crippen LogP contribution is 2.21. The van der Waals surface area contributed by atoms with Gasteiger partial charge in [-0.15, -0.1) is 0 Å². The molecule has 1 aromatic carbocycles. The van der Waals surface area contributed by atoms with Crippen LogP contribution in [0.25, 0.3) is 0 Å². The van der Waals surface area contributed by atoms with Gasteiger partial charge in [-0.05, 0) is 26.1 Å². The smallest absolute Gasteiger partial charge is 0.226 e. The Hall–Kier alpha value is -1.88. The molecule has 0 aromatic heterocycles. The van der Waals surface area contributed by atoms with Gasteiger partial charge in [-0.3, -0.25) is 9.59 Å². The second-order valence-corrected chi connectivity index (χ2v) is 6.55. The van der Waals surface area contributed by atoms with Crippen LogP contribution in [0.3, 0.4) is 0 Å². The Kier molecular flexibility index (Phi) is 6.16. The van der Waals surface area contributed by atoms with E-state index in [2.05, 4.69) is 4.90 Å². The molecule has 0 N–H and O–H groups in total. The van der Waals surface area contributed by atoms with E-state index in [9.17, 15) is 9.59 Å². The summed E-state index contributed by atoms with van der Waals surface area (Å²) in [4.78, 5) is 30.5. The zero-order chi connectivity index (χ0) is 16.8. The van der Waals surface area contributed by atoms with Crippen molar-refractivity contribution in [2.45, 2.75) is 19.4 Å². The van der Waals surface area contributed by atoms with Gasteiger partial charge in [-0.1, -0.05) is 30.3 Å². The van der Waals surface area contributed by atoms with Crippen molar-refractivity contribution < 1.29 is 9.59 Å². The molecule has 2 rings (SSSR count). The molecule has 126 valence electrons. The van der Waals surface area contributed by atoms with Crippen LogP contribution in [0.5, 0.6) is 0 Å². The third kappa shape index (κ3) is 5.06. The number of carbonyl (C=O) groups is 2. The first-order valence-corrected chi connectivity index (χ1v) is 8.18. The molecule has 1 aliphatic heterocycles. The summed E-state index contributed by atoms with van der Waals surface area (Å²) in [7, 11) is 5.81. The standard InChI is InChI=1S/C18H27N3O2/c1-19(2)11-12-21(14-15-7-5-4-6-8-15)18(23)16-9-10-20(3)17(22)13-16/h4-8,16H,9-14H2,1-3H3. The Morgan fingerprint density at radius 1 is 1.22 bits per heavy atom. The molecule has 1 fully saturated rings. The Morgan fingerprint density at radius 2 is 1.91 bits per heavy atom. The maximum atomic E-state index is 12.9. The van der Waals surface area contributed by atoms with Crippen molar-refractivity contribution in [2.75, 3.05) is 40.8 Å². The van der Waals surface area contributed by atoms with Gasteiger partial charge in [0.05, 0.1) is 0 Å². The second kappa shape index (κ2) is 8.11. The molecule has 5 nitrogen and oxygen atoms in total. The summed E-state index contributed by atoms with van der Waals surface area (Å²) in [6, 6.07) is 10.0. The van der Waals surface area contributed by atoms with E-state index in [0.717, 1.165) is 18.5 Å². The zero-order valence-corrected chi connectivity index (χ0v) is 14.4. The normalized spacial score (nSPS) is 18.3. The number of likely N-dealkylation sites (tertiary alicyclic amines) is 1. The predicted molar refractivity (Wildman–Crippen MR) is 90.8 cm³/mol. The molecule has 1 aliphatic rings. The fourth-order valence-electron chi connectivity index (χ4n) is 2.80. The molecule has 1 unspecified atom stereocenters. The van der Waals surface area contributed by atoms with Gasteiger partial charge in [0.15, 0.2) is 0 Å². The van der Waals surface area contributed by atoms with Crippen molar-refractivity contribution in [1.82, 2.24) is 14.7 Å². The lowest BCUT2D eigenvalue weighted by Crippen LogP contribution is -2.45. The van der Waals surface area contributed by atoms with Gasteiger partial charge >= 0.3 is 0 Å². The van der Waals surface area contributed by atoms with E-state index in [4.69, 9.17) is 0 Å². The van der Waals surface area contributed by atoms with Gasteiger partial charge in [0.25, 0.3) is 0 Å². The first kappa shape index (κ1) is 17.5. The highest BCUT2D eigenvalue weighted by molar-refractivity contribution is 5.86. The minimum atomic E-state index is -0.176. The fraction of sp³-hybridized carbons (Fsp3) is 0.556. The number of hydrogen-bond donors (Lipinski definition) is 0. The Balaban J connectivity index is 2.06. The molecule has 1 heterocycles. The molecule has 0 spiro atoms. The Bertz CT molecular complexity index is 530. The second-order valence-electron chi connectivity index (χ2n) is 6.55. The first-order valence-electron chi connectivity index (χ1n) is 8.18. The first-order chi connectivity index (χ1) is 11.0. The van der Waals surface area contributed by atoms with Crippen LogP contribution >= 0.6 is 0 Å². The average Bonchev–Trinajstić information content (AvgIpc) is 2.54. The quantitative estimate of drug-likeness (QED) is 0.797. The summed E-state index contributed by atoms with van der Waals surface area (Å²) in [6.07, 6.45) is 1.09. The van der Waals surface area contributed by atoms with Crippen molar-refractivity contribution in [1.29, 1.82) is 0 Å². The Labute approximate surface area is 138 Å². The molecule has 23 heavy (non-hydrogen) atoms. The lowest BCUT2D eigenvalue weighted by Gasteiger charge is -2.33. The molecule has 1 saturated heterocycles. The zero-order valence-electron chi connectivity index (χ0n) is 14.4. The molecule has 0 bridgehead atoms. The van der Waals surface area contributed by atoms with Gasteiger partial charge in [0.2, 0.25) is 11.8 Å². The van der Waals surface area contributed by atoms with Gasteiger partial charge < -0.3 is 14.7 Å². The highest BCUT2D eigenvalue weighted by atomic mass is 16.2. The van der Waals surface area contributed by atoms with Crippen LogP contribution in [0, 0.1) is 5.92 Å². The Morgan fingerprint density at radius 3 is 2.52 bits per heavy atom. The number of piperidine rings is 1. The topological polar surface area (TPSA) is 43.9 Å². The molecule has 2 amide bonds. The van der Waals surface area contributed by atoms with Crippen molar-refractivity contribution in [3.8, 4) is 0 Å². The lowest BCUT2D eigenvalue weighted by atomic mass is 9.94. The molecule has 1 aromatic rings.